The highest BCUT2D eigenvalue weighted by molar-refractivity contribution is 5.80. The minimum atomic E-state index is -0.744. The Kier molecular flexibility index (Phi) is 6.31. The molecule has 154 valence electrons. The van der Waals surface area contributed by atoms with Crippen molar-refractivity contribution in [2.24, 2.45) is 11.8 Å². The van der Waals surface area contributed by atoms with Crippen molar-refractivity contribution in [3.63, 3.8) is 0 Å². The minimum absolute atomic E-state index is 0.0669. The predicted octanol–water partition coefficient (Wildman–Crippen LogP) is 2.53. The molecule has 1 saturated carbocycles. The van der Waals surface area contributed by atoms with Crippen LogP contribution in [0.15, 0.2) is 6.07 Å². The SMILES string of the molecule is COc1cc2c(c(OC)c1OC)CCN(C(=O)C1CCC(C(=O)O)CC1)CC2. The van der Waals surface area contributed by atoms with E-state index in [0.29, 0.717) is 62.4 Å². The van der Waals surface area contributed by atoms with Crippen LogP contribution in [0.25, 0.3) is 0 Å². The normalized spacial score (nSPS) is 22.0. The summed E-state index contributed by atoms with van der Waals surface area (Å²) in [6, 6.07) is 1.97. The van der Waals surface area contributed by atoms with Gasteiger partial charge in [0, 0.05) is 24.6 Å². The van der Waals surface area contributed by atoms with Crippen molar-refractivity contribution in [1.82, 2.24) is 4.90 Å². The molecular formula is C21H29NO6. The van der Waals surface area contributed by atoms with Gasteiger partial charge in [-0.2, -0.15) is 0 Å². The highest BCUT2D eigenvalue weighted by Gasteiger charge is 2.33. The van der Waals surface area contributed by atoms with E-state index in [1.54, 1.807) is 21.3 Å². The number of aliphatic carboxylic acids is 1. The Morgan fingerprint density at radius 3 is 2.11 bits per heavy atom. The van der Waals surface area contributed by atoms with Gasteiger partial charge in [0.25, 0.3) is 0 Å². The summed E-state index contributed by atoms with van der Waals surface area (Å²) in [5, 5.41) is 9.16. The summed E-state index contributed by atoms with van der Waals surface area (Å²) in [6.45, 7) is 1.26. The third kappa shape index (κ3) is 3.88. The van der Waals surface area contributed by atoms with Crippen molar-refractivity contribution in [1.29, 1.82) is 0 Å². The molecule has 7 heteroatoms. The number of hydrogen-bond acceptors (Lipinski definition) is 5. The fourth-order valence-corrected chi connectivity index (χ4v) is 4.44. The lowest BCUT2D eigenvalue weighted by Gasteiger charge is -2.30. The van der Waals surface area contributed by atoms with Crippen molar-refractivity contribution >= 4 is 11.9 Å². The van der Waals surface area contributed by atoms with Gasteiger partial charge in [-0.15, -0.1) is 0 Å². The third-order valence-electron chi connectivity index (χ3n) is 6.05. The van der Waals surface area contributed by atoms with Crippen LogP contribution in [-0.2, 0) is 22.4 Å². The highest BCUT2D eigenvalue weighted by atomic mass is 16.5. The molecular weight excluding hydrogens is 362 g/mol. The molecule has 3 rings (SSSR count). The first-order chi connectivity index (χ1) is 13.5. The summed E-state index contributed by atoms with van der Waals surface area (Å²) in [6.07, 6.45) is 3.90. The highest BCUT2D eigenvalue weighted by Crippen LogP contribution is 2.43. The molecule has 0 aromatic heterocycles. The molecule has 1 aliphatic carbocycles. The van der Waals surface area contributed by atoms with E-state index < -0.39 is 5.97 Å². The van der Waals surface area contributed by atoms with E-state index in [1.165, 1.54) is 0 Å². The summed E-state index contributed by atoms with van der Waals surface area (Å²) < 4.78 is 16.6. The lowest BCUT2D eigenvalue weighted by atomic mass is 9.81. The number of hydrogen-bond donors (Lipinski definition) is 1. The largest absolute Gasteiger partial charge is 0.493 e. The molecule has 0 unspecified atom stereocenters. The first-order valence-corrected chi connectivity index (χ1v) is 9.82. The Bertz CT molecular complexity index is 739. The maximum Gasteiger partial charge on any atom is 0.306 e. The van der Waals surface area contributed by atoms with E-state index >= 15 is 0 Å². The zero-order chi connectivity index (χ0) is 20.3. The third-order valence-corrected chi connectivity index (χ3v) is 6.05. The molecule has 0 atom stereocenters. The molecule has 1 aromatic carbocycles. The summed E-state index contributed by atoms with van der Waals surface area (Å²) in [7, 11) is 4.81. The molecule has 0 saturated heterocycles. The second kappa shape index (κ2) is 8.71. The van der Waals surface area contributed by atoms with Gasteiger partial charge in [-0.1, -0.05) is 0 Å². The number of benzene rings is 1. The van der Waals surface area contributed by atoms with Gasteiger partial charge < -0.3 is 24.2 Å². The van der Waals surface area contributed by atoms with Crippen LogP contribution in [0.4, 0.5) is 0 Å². The second-order valence-corrected chi connectivity index (χ2v) is 7.50. The molecule has 1 aliphatic heterocycles. The molecule has 1 aromatic rings. The summed E-state index contributed by atoms with van der Waals surface area (Å²) >= 11 is 0. The maximum atomic E-state index is 13.0. The van der Waals surface area contributed by atoms with Crippen LogP contribution < -0.4 is 14.2 Å². The molecule has 1 fully saturated rings. The standard InChI is InChI=1S/C21H29NO6/c1-26-17-12-15-8-10-22(11-9-16(15)18(27-2)19(17)28-3)20(23)13-4-6-14(7-5-13)21(24)25/h12-14H,4-11H2,1-3H3,(H,24,25). The number of fused-ring (bicyclic) bond motifs is 1. The zero-order valence-electron chi connectivity index (χ0n) is 16.8. The minimum Gasteiger partial charge on any atom is -0.493 e. The van der Waals surface area contributed by atoms with Crippen LogP contribution in [0.2, 0.25) is 0 Å². The summed E-state index contributed by atoms with van der Waals surface area (Å²) in [4.78, 5) is 26.1. The average molecular weight is 391 g/mol. The molecule has 1 N–H and O–H groups in total. The molecule has 1 heterocycles. The van der Waals surface area contributed by atoms with Gasteiger partial charge in [-0.3, -0.25) is 9.59 Å². The number of ether oxygens (including phenoxy) is 3. The van der Waals surface area contributed by atoms with Gasteiger partial charge in [0.05, 0.1) is 27.2 Å². The Labute approximate surface area is 165 Å². The zero-order valence-corrected chi connectivity index (χ0v) is 16.8. The van der Waals surface area contributed by atoms with Gasteiger partial charge in [0.15, 0.2) is 11.5 Å². The van der Waals surface area contributed by atoms with Crippen LogP contribution in [0, 0.1) is 11.8 Å². The lowest BCUT2D eigenvalue weighted by Crippen LogP contribution is -2.39. The van der Waals surface area contributed by atoms with Crippen LogP contribution in [0.1, 0.15) is 36.8 Å². The predicted molar refractivity (Wildman–Crippen MR) is 103 cm³/mol. The first-order valence-electron chi connectivity index (χ1n) is 9.82. The van der Waals surface area contributed by atoms with Crippen molar-refractivity contribution in [2.75, 3.05) is 34.4 Å². The Morgan fingerprint density at radius 2 is 1.54 bits per heavy atom. The van der Waals surface area contributed by atoms with E-state index in [0.717, 1.165) is 17.5 Å². The number of amides is 1. The average Bonchev–Trinajstić information content (AvgIpc) is 2.94. The Hall–Kier alpha value is -2.44. The molecule has 0 spiro atoms. The van der Waals surface area contributed by atoms with E-state index in [2.05, 4.69) is 0 Å². The van der Waals surface area contributed by atoms with Crippen molar-refractivity contribution in [2.45, 2.75) is 38.5 Å². The lowest BCUT2D eigenvalue weighted by molar-refractivity contribution is -0.145. The molecule has 2 aliphatic rings. The Balaban J connectivity index is 1.74. The van der Waals surface area contributed by atoms with Gasteiger partial charge in [0.1, 0.15) is 0 Å². The molecule has 1 amide bonds. The van der Waals surface area contributed by atoms with Crippen molar-refractivity contribution in [3.8, 4) is 17.2 Å². The van der Waals surface area contributed by atoms with Crippen LogP contribution in [0.5, 0.6) is 17.2 Å². The van der Waals surface area contributed by atoms with E-state index in [1.807, 2.05) is 11.0 Å². The number of carbonyl (C=O) groups is 2. The second-order valence-electron chi connectivity index (χ2n) is 7.50. The Morgan fingerprint density at radius 1 is 0.929 bits per heavy atom. The van der Waals surface area contributed by atoms with Gasteiger partial charge in [-0.05, 0) is 50.2 Å². The van der Waals surface area contributed by atoms with Crippen LogP contribution in [-0.4, -0.2) is 56.3 Å². The molecule has 0 bridgehead atoms. The van der Waals surface area contributed by atoms with Crippen LogP contribution in [0.3, 0.4) is 0 Å². The van der Waals surface area contributed by atoms with E-state index in [4.69, 9.17) is 19.3 Å². The summed E-state index contributed by atoms with van der Waals surface area (Å²) in [5.74, 6) is 0.915. The van der Waals surface area contributed by atoms with Gasteiger partial charge >= 0.3 is 5.97 Å². The molecule has 28 heavy (non-hydrogen) atoms. The summed E-state index contributed by atoms with van der Waals surface area (Å²) in [5.41, 5.74) is 2.17. The number of rotatable bonds is 5. The van der Waals surface area contributed by atoms with Crippen molar-refractivity contribution in [3.05, 3.63) is 17.2 Å². The molecule has 7 nitrogen and oxygen atoms in total. The smallest absolute Gasteiger partial charge is 0.306 e. The number of nitrogens with zero attached hydrogens (tertiary/aromatic N) is 1. The maximum absolute atomic E-state index is 13.0. The number of carboxylic acids is 1. The number of carboxylic acid groups (broad SMARTS) is 1. The van der Waals surface area contributed by atoms with Gasteiger partial charge in [-0.25, -0.2) is 0 Å². The number of methoxy groups -OCH3 is 3. The van der Waals surface area contributed by atoms with E-state index in [9.17, 15) is 9.59 Å². The quantitative estimate of drug-likeness (QED) is 0.830. The fraction of sp³-hybridized carbons (Fsp3) is 0.619. The van der Waals surface area contributed by atoms with Crippen LogP contribution >= 0.6 is 0 Å². The number of carbonyl (C=O) groups excluding carboxylic acids is 1. The monoisotopic (exact) mass is 391 g/mol. The van der Waals surface area contributed by atoms with Crippen molar-refractivity contribution < 1.29 is 28.9 Å². The first kappa shape index (κ1) is 20.3. The van der Waals surface area contributed by atoms with E-state index in [-0.39, 0.29) is 17.7 Å². The van der Waals surface area contributed by atoms with Gasteiger partial charge in [0.2, 0.25) is 11.7 Å². The molecule has 0 radical (unpaired) electrons. The topological polar surface area (TPSA) is 85.3 Å². The fourth-order valence-electron chi connectivity index (χ4n) is 4.44.